The second-order valence-electron chi connectivity index (χ2n) is 4.48. The fourth-order valence-corrected chi connectivity index (χ4v) is 1.75. The highest BCUT2D eigenvalue weighted by Crippen LogP contribution is 2.28. The number of ether oxygens (including phenoxy) is 1. The largest absolute Gasteiger partial charge is 0.379 e. The highest BCUT2D eigenvalue weighted by Gasteiger charge is 2.20. The zero-order chi connectivity index (χ0) is 12.4. The summed E-state index contributed by atoms with van der Waals surface area (Å²) in [6.07, 6.45) is 4.20. The molecule has 0 radical (unpaired) electrons. The van der Waals surface area contributed by atoms with E-state index in [1.54, 1.807) is 6.33 Å². The number of nitrogens with two attached hydrogens (primary N) is 1. The Morgan fingerprint density at radius 1 is 1.44 bits per heavy atom. The van der Waals surface area contributed by atoms with Crippen LogP contribution in [0.4, 0.5) is 11.8 Å². The van der Waals surface area contributed by atoms with Gasteiger partial charge in [-0.05, 0) is 18.8 Å². The van der Waals surface area contributed by atoms with Gasteiger partial charge in [0.2, 0.25) is 5.95 Å². The first-order chi connectivity index (χ1) is 8.83. The minimum Gasteiger partial charge on any atom is -0.379 e. The zero-order valence-electron chi connectivity index (χ0n) is 10.0. The van der Waals surface area contributed by atoms with Gasteiger partial charge in [-0.15, -0.1) is 0 Å². The summed E-state index contributed by atoms with van der Waals surface area (Å²) >= 11 is 0. The van der Waals surface area contributed by atoms with E-state index in [0.717, 1.165) is 18.0 Å². The highest BCUT2D eigenvalue weighted by atomic mass is 16.5. The zero-order valence-corrected chi connectivity index (χ0v) is 10.0. The Hall–Kier alpha value is -1.89. The lowest BCUT2D eigenvalue weighted by molar-refractivity contribution is 0.134. The third-order valence-electron chi connectivity index (χ3n) is 2.89. The average molecular weight is 248 g/mol. The van der Waals surface area contributed by atoms with Crippen LogP contribution in [-0.2, 0) is 4.74 Å². The molecular formula is C11H16N6O. The van der Waals surface area contributed by atoms with Crippen molar-refractivity contribution in [3.05, 3.63) is 6.33 Å². The molecule has 1 aliphatic rings. The molecule has 96 valence electrons. The summed E-state index contributed by atoms with van der Waals surface area (Å²) in [7, 11) is 0. The van der Waals surface area contributed by atoms with Crippen molar-refractivity contribution in [2.24, 2.45) is 5.92 Å². The first-order valence-electron chi connectivity index (χ1n) is 6.11. The van der Waals surface area contributed by atoms with Crippen LogP contribution in [0.1, 0.15) is 12.8 Å². The number of fused-ring (bicyclic) bond motifs is 1. The van der Waals surface area contributed by atoms with Gasteiger partial charge in [0.05, 0.1) is 12.9 Å². The van der Waals surface area contributed by atoms with Crippen LogP contribution in [0, 0.1) is 5.92 Å². The molecule has 18 heavy (non-hydrogen) atoms. The Labute approximate surface area is 104 Å². The van der Waals surface area contributed by atoms with Gasteiger partial charge >= 0.3 is 0 Å². The molecule has 0 spiro atoms. The molecule has 2 heterocycles. The average Bonchev–Trinajstić information content (AvgIpc) is 3.05. The van der Waals surface area contributed by atoms with Crippen LogP contribution in [0.2, 0.25) is 0 Å². The number of nitrogens with one attached hydrogen (secondary N) is 2. The van der Waals surface area contributed by atoms with Gasteiger partial charge in [0, 0.05) is 13.2 Å². The van der Waals surface area contributed by atoms with E-state index >= 15 is 0 Å². The van der Waals surface area contributed by atoms with Gasteiger partial charge < -0.3 is 20.8 Å². The number of anilines is 2. The fourth-order valence-electron chi connectivity index (χ4n) is 1.75. The van der Waals surface area contributed by atoms with Crippen LogP contribution in [-0.4, -0.2) is 39.7 Å². The lowest BCUT2D eigenvalue weighted by Crippen LogP contribution is -2.12. The molecule has 0 bridgehead atoms. The smallest absolute Gasteiger partial charge is 0.224 e. The predicted molar refractivity (Wildman–Crippen MR) is 68.1 cm³/mol. The van der Waals surface area contributed by atoms with Crippen molar-refractivity contribution >= 4 is 22.9 Å². The van der Waals surface area contributed by atoms with Gasteiger partial charge in [-0.1, -0.05) is 0 Å². The minimum atomic E-state index is 0.219. The number of aromatic amines is 1. The summed E-state index contributed by atoms with van der Waals surface area (Å²) in [6, 6.07) is 0. The Morgan fingerprint density at radius 3 is 3.17 bits per heavy atom. The first-order valence-corrected chi connectivity index (χ1v) is 6.11. The second-order valence-corrected chi connectivity index (χ2v) is 4.48. The molecule has 0 aromatic carbocycles. The van der Waals surface area contributed by atoms with Crippen molar-refractivity contribution in [3.8, 4) is 0 Å². The number of hydrogen-bond acceptors (Lipinski definition) is 6. The summed E-state index contributed by atoms with van der Waals surface area (Å²) < 4.78 is 5.54. The Balaban J connectivity index is 1.57. The monoisotopic (exact) mass is 248 g/mol. The Kier molecular flexibility index (Phi) is 2.97. The van der Waals surface area contributed by atoms with Crippen LogP contribution < -0.4 is 11.1 Å². The van der Waals surface area contributed by atoms with E-state index < -0.39 is 0 Å². The number of rotatable bonds is 6. The molecule has 0 unspecified atom stereocenters. The summed E-state index contributed by atoms with van der Waals surface area (Å²) in [5.74, 6) is 1.68. The van der Waals surface area contributed by atoms with E-state index in [0.29, 0.717) is 24.6 Å². The van der Waals surface area contributed by atoms with E-state index in [2.05, 4.69) is 25.3 Å². The molecule has 0 aliphatic heterocycles. The van der Waals surface area contributed by atoms with Gasteiger partial charge in [0.15, 0.2) is 11.5 Å². The van der Waals surface area contributed by atoms with Crippen molar-refractivity contribution < 1.29 is 4.74 Å². The fraction of sp³-hybridized carbons (Fsp3) is 0.545. The van der Waals surface area contributed by atoms with Crippen molar-refractivity contribution in [1.29, 1.82) is 0 Å². The number of imidazole rings is 1. The molecule has 1 fully saturated rings. The summed E-state index contributed by atoms with van der Waals surface area (Å²) in [6.45, 7) is 2.22. The maximum Gasteiger partial charge on any atom is 0.224 e. The van der Waals surface area contributed by atoms with E-state index in [1.165, 1.54) is 12.8 Å². The molecule has 7 nitrogen and oxygen atoms in total. The van der Waals surface area contributed by atoms with Gasteiger partial charge in [0.25, 0.3) is 0 Å². The lowest BCUT2D eigenvalue weighted by atomic mass is 10.4. The van der Waals surface area contributed by atoms with E-state index in [9.17, 15) is 0 Å². The van der Waals surface area contributed by atoms with Crippen LogP contribution >= 0.6 is 0 Å². The van der Waals surface area contributed by atoms with E-state index in [4.69, 9.17) is 10.5 Å². The Morgan fingerprint density at radius 2 is 2.33 bits per heavy atom. The number of aromatic nitrogens is 4. The standard InChI is InChI=1S/C11H16N6O/c12-11-16-9(8-10(17-11)15-6-14-8)13-3-4-18-5-7-1-2-7/h6-7H,1-5H2,(H4,12,13,14,15,16,17). The number of hydrogen-bond donors (Lipinski definition) is 3. The molecule has 3 rings (SSSR count). The molecule has 0 saturated heterocycles. The second kappa shape index (κ2) is 4.77. The molecule has 4 N–H and O–H groups in total. The summed E-state index contributed by atoms with van der Waals surface area (Å²) in [5.41, 5.74) is 6.96. The third-order valence-corrected chi connectivity index (χ3v) is 2.89. The lowest BCUT2D eigenvalue weighted by Gasteiger charge is -2.07. The van der Waals surface area contributed by atoms with Crippen LogP contribution in [0.15, 0.2) is 6.33 Å². The molecule has 2 aromatic heterocycles. The first kappa shape index (κ1) is 11.2. The number of nitrogen functional groups attached to an aromatic ring is 1. The predicted octanol–water partition coefficient (Wildman–Crippen LogP) is 0.774. The SMILES string of the molecule is Nc1nc(NCCOCC2CC2)c2[nH]cnc2n1. The number of nitrogens with zero attached hydrogens (tertiary/aromatic N) is 3. The number of H-pyrrole nitrogens is 1. The summed E-state index contributed by atoms with van der Waals surface area (Å²) in [5, 5.41) is 3.18. The van der Waals surface area contributed by atoms with E-state index in [-0.39, 0.29) is 5.95 Å². The molecule has 0 amide bonds. The van der Waals surface area contributed by atoms with Crippen molar-refractivity contribution in [2.45, 2.75) is 12.8 Å². The molecule has 1 aliphatic carbocycles. The topological polar surface area (TPSA) is 102 Å². The van der Waals surface area contributed by atoms with E-state index in [1.807, 2.05) is 0 Å². The molecule has 2 aromatic rings. The maximum atomic E-state index is 5.61. The van der Waals surface area contributed by atoms with Gasteiger partial charge in [-0.25, -0.2) is 4.98 Å². The van der Waals surface area contributed by atoms with Gasteiger partial charge in [-0.2, -0.15) is 9.97 Å². The van der Waals surface area contributed by atoms with Crippen LogP contribution in [0.25, 0.3) is 11.2 Å². The Bertz CT molecular complexity index is 535. The normalized spacial score (nSPS) is 15.1. The molecule has 1 saturated carbocycles. The van der Waals surface area contributed by atoms with Crippen molar-refractivity contribution in [2.75, 3.05) is 30.8 Å². The quantitative estimate of drug-likeness (QED) is 0.653. The van der Waals surface area contributed by atoms with Crippen molar-refractivity contribution in [3.63, 3.8) is 0 Å². The molecule has 0 atom stereocenters. The minimum absolute atomic E-state index is 0.219. The highest BCUT2D eigenvalue weighted by molar-refractivity contribution is 5.83. The van der Waals surface area contributed by atoms with Gasteiger partial charge in [0.1, 0.15) is 5.52 Å². The van der Waals surface area contributed by atoms with Crippen LogP contribution in [0.5, 0.6) is 0 Å². The van der Waals surface area contributed by atoms with Crippen LogP contribution in [0.3, 0.4) is 0 Å². The van der Waals surface area contributed by atoms with Crippen molar-refractivity contribution in [1.82, 2.24) is 19.9 Å². The summed E-state index contributed by atoms with van der Waals surface area (Å²) in [4.78, 5) is 15.2. The third kappa shape index (κ3) is 2.51. The molecule has 7 heteroatoms. The van der Waals surface area contributed by atoms with Gasteiger partial charge in [-0.3, -0.25) is 0 Å². The molecular weight excluding hydrogens is 232 g/mol. The maximum absolute atomic E-state index is 5.61.